The quantitative estimate of drug-likeness (QED) is 0.913. The largest absolute Gasteiger partial charge is 0.445 e. The fourth-order valence-electron chi connectivity index (χ4n) is 4.13. The number of likely N-dealkylation sites (tertiary alicyclic amines) is 1. The first-order valence-electron chi connectivity index (χ1n) is 8.30. The van der Waals surface area contributed by atoms with Crippen LogP contribution in [0.5, 0.6) is 0 Å². The lowest BCUT2D eigenvalue weighted by molar-refractivity contribution is 0.0570. The molecule has 4 heteroatoms. The third-order valence-electron chi connectivity index (χ3n) is 5.42. The molecular formula is C18H26N2O2. The van der Waals surface area contributed by atoms with Crippen molar-refractivity contribution < 1.29 is 9.53 Å². The molecule has 0 aromatic heterocycles. The Labute approximate surface area is 132 Å². The summed E-state index contributed by atoms with van der Waals surface area (Å²) in [5.41, 5.74) is 7.64. The van der Waals surface area contributed by atoms with Gasteiger partial charge in [0.05, 0.1) is 0 Å². The lowest BCUT2D eigenvalue weighted by Crippen LogP contribution is -2.48. The molecule has 1 spiro atoms. The fraction of sp³-hybridized carbons (Fsp3) is 0.611. The topological polar surface area (TPSA) is 55.6 Å². The second-order valence-electron chi connectivity index (χ2n) is 7.04. The predicted octanol–water partition coefficient (Wildman–Crippen LogP) is 3.16. The van der Waals surface area contributed by atoms with E-state index in [9.17, 15) is 4.79 Å². The highest BCUT2D eigenvalue weighted by atomic mass is 16.6. The van der Waals surface area contributed by atoms with Crippen molar-refractivity contribution in [2.45, 2.75) is 45.3 Å². The number of carbonyl (C=O) groups excluding carboxylic acids is 1. The first-order valence-corrected chi connectivity index (χ1v) is 8.30. The van der Waals surface area contributed by atoms with Crippen LogP contribution in [-0.4, -0.2) is 30.1 Å². The van der Waals surface area contributed by atoms with Gasteiger partial charge in [-0.2, -0.15) is 0 Å². The number of nitrogens with zero attached hydrogens (tertiary/aromatic N) is 1. The molecule has 0 radical (unpaired) electrons. The van der Waals surface area contributed by atoms with Crippen molar-refractivity contribution >= 4 is 6.09 Å². The zero-order valence-electron chi connectivity index (χ0n) is 13.3. The van der Waals surface area contributed by atoms with Crippen LogP contribution in [0.15, 0.2) is 30.3 Å². The van der Waals surface area contributed by atoms with Gasteiger partial charge in [0.15, 0.2) is 0 Å². The molecule has 0 unspecified atom stereocenters. The minimum Gasteiger partial charge on any atom is -0.445 e. The maximum Gasteiger partial charge on any atom is 0.410 e. The summed E-state index contributed by atoms with van der Waals surface area (Å²) >= 11 is 0. The van der Waals surface area contributed by atoms with Crippen LogP contribution in [0.3, 0.4) is 0 Å². The minimum absolute atomic E-state index is 0.196. The summed E-state index contributed by atoms with van der Waals surface area (Å²) in [5, 5.41) is 0. The van der Waals surface area contributed by atoms with E-state index in [0.717, 1.165) is 37.9 Å². The average molecular weight is 302 g/mol. The number of benzene rings is 1. The summed E-state index contributed by atoms with van der Waals surface area (Å²) in [5.74, 6) is 0.714. The SMILES string of the molecule is C[C@@H]1C[C@@H](N)C2(CCN(C(=O)OCc3ccccc3)CC2)C1. The van der Waals surface area contributed by atoms with Crippen molar-refractivity contribution in [3.05, 3.63) is 35.9 Å². The van der Waals surface area contributed by atoms with Crippen molar-refractivity contribution in [2.75, 3.05) is 13.1 Å². The molecular weight excluding hydrogens is 276 g/mol. The smallest absolute Gasteiger partial charge is 0.410 e. The molecule has 1 saturated heterocycles. The van der Waals surface area contributed by atoms with Gasteiger partial charge in [-0.05, 0) is 42.6 Å². The normalized spacial score (nSPS) is 27.1. The van der Waals surface area contributed by atoms with Crippen LogP contribution in [0.25, 0.3) is 0 Å². The Morgan fingerprint density at radius 1 is 1.32 bits per heavy atom. The van der Waals surface area contributed by atoms with E-state index >= 15 is 0 Å². The van der Waals surface area contributed by atoms with Gasteiger partial charge in [0, 0.05) is 19.1 Å². The van der Waals surface area contributed by atoms with Gasteiger partial charge in [-0.1, -0.05) is 37.3 Å². The van der Waals surface area contributed by atoms with Crippen molar-refractivity contribution in [1.82, 2.24) is 4.90 Å². The number of carbonyl (C=O) groups is 1. The number of ether oxygens (including phenoxy) is 1. The Kier molecular flexibility index (Phi) is 4.39. The van der Waals surface area contributed by atoms with E-state index in [2.05, 4.69) is 6.92 Å². The number of rotatable bonds is 2. The van der Waals surface area contributed by atoms with Crippen LogP contribution in [-0.2, 0) is 11.3 Å². The molecule has 1 heterocycles. The van der Waals surface area contributed by atoms with Gasteiger partial charge in [0.2, 0.25) is 0 Å². The first-order chi connectivity index (χ1) is 10.6. The van der Waals surface area contributed by atoms with Gasteiger partial charge in [-0.25, -0.2) is 4.79 Å². The summed E-state index contributed by atoms with van der Waals surface area (Å²) in [6, 6.07) is 10.1. The Bertz CT molecular complexity index is 509. The molecule has 22 heavy (non-hydrogen) atoms. The highest BCUT2D eigenvalue weighted by Crippen LogP contribution is 2.47. The summed E-state index contributed by atoms with van der Waals surface area (Å²) in [6.07, 6.45) is 4.16. The molecule has 120 valence electrons. The monoisotopic (exact) mass is 302 g/mol. The Morgan fingerprint density at radius 2 is 2.00 bits per heavy atom. The number of amides is 1. The molecule has 0 bridgehead atoms. The summed E-state index contributed by atoms with van der Waals surface area (Å²) < 4.78 is 5.42. The van der Waals surface area contributed by atoms with E-state index in [4.69, 9.17) is 10.5 Å². The van der Waals surface area contributed by atoms with Crippen LogP contribution in [0.2, 0.25) is 0 Å². The minimum atomic E-state index is -0.196. The number of hydrogen-bond donors (Lipinski definition) is 1. The van der Waals surface area contributed by atoms with Gasteiger partial charge in [-0.3, -0.25) is 0 Å². The third-order valence-corrected chi connectivity index (χ3v) is 5.42. The van der Waals surface area contributed by atoms with E-state index in [-0.39, 0.29) is 11.5 Å². The van der Waals surface area contributed by atoms with Crippen LogP contribution in [0, 0.1) is 11.3 Å². The molecule has 2 aliphatic rings. The molecule has 2 N–H and O–H groups in total. The lowest BCUT2D eigenvalue weighted by atomic mass is 9.74. The van der Waals surface area contributed by atoms with Crippen LogP contribution >= 0.6 is 0 Å². The van der Waals surface area contributed by atoms with Gasteiger partial charge >= 0.3 is 6.09 Å². The molecule has 1 aromatic carbocycles. The summed E-state index contributed by atoms with van der Waals surface area (Å²) in [4.78, 5) is 14.0. The molecule has 2 fully saturated rings. The van der Waals surface area contributed by atoms with E-state index in [1.54, 1.807) is 0 Å². The Hall–Kier alpha value is -1.55. The molecule has 1 aliphatic carbocycles. The Balaban J connectivity index is 1.50. The fourth-order valence-corrected chi connectivity index (χ4v) is 4.13. The number of piperidine rings is 1. The van der Waals surface area contributed by atoms with E-state index in [1.165, 1.54) is 6.42 Å². The standard InChI is InChI=1S/C18H26N2O2/c1-14-11-16(19)18(12-14)7-9-20(10-8-18)17(21)22-13-15-5-3-2-4-6-15/h2-6,14,16H,7-13,19H2,1H3/t14-,16-/m1/s1. The van der Waals surface area contributed by atoms with E-state index in [1.807, 2.05) is 35.2 Å². The van der Waals surface area contributed by atoms with Gasteiger partial charge < -0.3 is 15.4 Å². The first kappa shape index (κ1) is 15.3. The van der Waals surface area contributed by atoms with Crippen molar-refractivity contribution in [1.29, 1.82) is 0 Å². The third kappa shape index (κ3) is 3.12. The highest BCUT2D eigenvalue weighted by Gasteiger charge is 2.46. The van der Waals surface area contributed by atoms with Crippen LogP contribution in [0.1, 0.15) is 38.2 Å². The van der Waals surface area contributed by atoms with Gasteiger partial charge in [0.25, 0.3) is 0 Å². The zero-order valence-corrected chi connectivity index (χ0v) is 13.3. The maximum atomic E-state index is 12.2. The zero-order chi connectivity index (χ0) is 15.6. The lowest BCUT2D eigenvalue weighted by Gasteiger charge is -2.41. The molecule has 1 saturated carbocycles. The molecule has 1 aliphatic heterocycles. The summed E-state index contributed by atoms with van der Waals surface area (Å²) in [6.45, 7) is 4.18. The molecule has 3 rings (SSSR count). The van der Waals surface area contributed by atoms with E-state index < -0.39 is 0 Å². The van der Waals surface area contributed by atoms with Gasteiger partial charge in [-0.15, -0.1) is 0 Å². The molecule has 2 atom stereocenters. The highest BCUT2D eigenvalue weighted by molar-refractivity contribution is 5.67. The van der Waals surface area contributed by atoms with Crippen LogP contribution < -0.4 is 5.73 Å². The molecule has 4 nitrogen and oxygen atoms in total. The average Bonchev–Trinajstić information content (AvgIpc) is 2.80. The maximum absolute atomic E-state index is 12.2. The molecule has 1 amide bonds. The van der Waals surface area contributed by atoms with Crippen molar-refractivity contribution in [2.24, 2.45) is 17.1 Å². The van der Waals surface area contributed by atoms with Crippen molar-refractivity contribution in [3.63, 3.8) is 0 Å². The number of hydrogen-bond acceptors (Lipinski definition) is 3. The second kappa shape index (κ2) is 6.29. The summed E-state index contributed by atoms with van der Waals surface area (Å²) in [7, 11) is 0. The van der Waals surface area contributed by atoms with Crippen LogP contribution in [0.4, 0.5) is 4.79 Å². The second-order valence-corrected chi connectivity index (χ2v) is 7.04. The Morgan fingerprint density at radius 3 is 2.59 bits per heavy atom. The van der Waals surface area contributed by atoms with Gasteiger partial charge in [0.1, 0.15) is 6.61 Å². The van der Waals surface area contributed by atoms with Crippen molar-refractivity contribution in [3.8, 4) is 0 Å². The van der Waals surface area contributed by atoms with E-state index in [0.29, 0.717) is 18.6 Å². The molecule has 1 aromatic rings. The number of nitrogens with two attached hydrogens (primary N) is 1. The predicted molar refractivity (Wildman–Crippen MR) is 86.2 cm³/mol.